The van der Waals surface area contributed by atoms with Gasteiger partial charge in [-0.1, -0.05) is 24.3 Å². The first-order chi connectivity index (χ1) is 14.5. The third-order valence-electron chi connectivity index (χ3n) is 4.66. The number of nitrogens with one attached hydrogen (secondary N) is 1. The molecule has 0 amide bonds. The van der Waals surface area contributed by atoms with Gasteiger partial charge in [-0.3, -0.25) is 14.8 Å². The molecule has 0 aliphatic carbocycles. The highest BCUT2D eigenvalue weighted by Gasteiger charge is 2.37. The summed E-state index contributed by atoms with van der Waals surface area (Å²) in [7, 11) is -3.67. The van der Waals surface area contributed by atoms with Crippen LogP contribution in [-0.2, 0) is 10.0 Å². The van der Waals surface area contributed by atoms with Crippen LogP contribution in [-0.4, -0.2) is 19.6 Å². The predicted molar refractivity (Wildman–Crippen MR) is 107 cm³/mol. The molecular formula is C20H13F3N2O5S. The van der Waals surface area contributed by atoms with Gasteiger partial charge >= 0.3 is 0 Å². The SMILES string of the molecule is CS(=O)(=O)Nc1cc2c(c3ccccc13)OC(c1cc(F)c(F)cc1F)C([N+](=O)[O-])=C2. The van der Waals surface area contributed by atoms with Gasteiger partial charge in [0, 0.05) is 34.0 Å². The van der Waals surface area contributed by atoms with Crippen LogP contribution in [0.4, 0.5) is 18.9 Å². The summed E-state index contributed by atoms with van der Waals surface area (Å²) in [5, 5.41) is 12.5. The molecule has 1 aliphatic heterocycles. The smallest absolute Gasteiger partial charge is 0.291 e. The zero-order valence-electron chi connectivity index (χ0n) is 15.7. The van der Waals surface area contributed by atoms with Crippen molar-refractivity contribution in [2.75, 3.05) is 11.0 Å². The van der Waals surface area contributed by atoms with Gasteiger partial charge in [0.1, 0.15) is 11.6 Å². The second kappa shape index (κ2) is 7.27. The van der Waals surface area contributed by atoms with Crippen molar-refractivity contribution in [3.05, 3.63) is 86.9 Å². The second-order valence-corrected chi connectivity index (χ2v) is 8.62. The van der Waals surface area contributed by atoms with E-state index in [1.165, 1.54) is 6.07 Å². The van der Waals surface area contributed by atoms with Crippen LogP contribution < -0.4 is 9.46 Å². The first-order valence-electron chi connectivity index (χ1n) is 8.76. The molecule has 1 atom stereocenters. The number of ether oxygens (including phenoxy) is 1. The van der Waals surface area contributed by atoms with Crippen LogP contribution in [0, 0.1) is 27.6 Å². The lowest BCUT2D eigenvalue weighted by atomic mass is 9.96. The van der Waals surface area contributed by atoms with E-state index in [9.17, 15) is 31.7 Å². The Hall–Kier alpha value is -3.60. The van der Waals surface area contributed by atoms with Gasteiger partial charge in [0.05, 0.1) is 16.9 Å². The van der Waals surface area contributed by atoms with E-state index < -0.39 is 49.8 Å². The van der Waals surface area contributed by atoms with Gasteiger partial charge in [0.15, 0.2) is 11.6 Å². The topological polar surface area (TPSA) is 98.5 Å². The molecule has 0 spiro atoms. The maximum atomic E-state index is 14.4. The number of hydrogen-bond acceptors (Lipinski definition) is 5. The third kappa shape index (κ3) is 3.79. The van der Waals surface area contributed by atoms with E-state index in [0.29, 0.717) is 22.9 Å². The molecule has 0 radical (unpaired) electrons. The molecule has 3 aromatic rings. The van der Waals surface area contributed by atoms with Gasteiger partial charge in [-0.15, -0.1) is 0 Å². The van der Waals surface area contributed by atoms with E-state index in [-0.39, 0.29) is 17.0 Å². The minimum absolute atomic E-state index is 0.106. The summed E-state index contributed by atoms with van der Waals surface area (Å²) in [5.74, 6) is -3.92. The molecule has 0 aromatic heterocycles. The minimum atomic E-state index is -3.67. The Labute approximate surface area is 174 Å². The quantitative estimate of drug-likeness (QED) is 0.361. The number of nitro groups is 1. The highest BCUT2D eigenvalue weighted by Crippen LogP contribution is 2.45. The van der Waals surface area contributed by atoms with Gasteiger partial charge in [0.2, 0.25) is 16.1 Å². The van der Waals surface area contributed by atoms with Crippen molar-refractivity contribution in [3.8, 4) is 5.75 Å². The summed E-state index contributed by atoms with van der Waals surface area (Å²) in [6, 6.07) is 8.63. The second-order valence-electron chi connectivity index (χ2n) is 6.87. The number of anilines is 1. The molecule has 1 heterocycles. The number of nitrogens with zero attached hydrogens (tertiary/aromatic N) is 1. The van der Waals surface area contributed by atoms with Crippen molar-refractivity contribution >= 4 is 32.6 Å². The fourth-order valence-corrected chi connectivity index (χ4v) is 3.98. The predicted octanol–water partition coefficient (Wildman–Crippen LogP) is 4.38. The third-order valence-corrected chi connectivity index (χ3v) is 5.25. The zero-order chi connectivity index (χ0) is 22.5. The summed E-state index contributed by atoms with van der Waals surface area (Å²) < 4.78 is 73.1. The van der Waals surface area contributed by atoms with Crippen molar-refractivity contribution < 1.29 is 31.2 Å². The lowest BCUT2D eigenvalue weighted by Crippen LogP contribution is -2.21. The van der Waals surface area contributed by atoms with Crippen LogP contribution in [0.3, 0.4) is 0 Å². The highest BCUT2D eigenvalue weighted by molar-refractivity contribution is 7.92. The van der Waals surface area contributed by atoms with E-state index >= 15 is 0 Å². The molecule has 1 unspecified atom stereocenters. The van der Waals surface area contributed by atoms with Gasteiger partial charge in [-0.2, -0.15) is 0 Å². The average Bonchev–Trinajstić information content (AvgIpc) is 2.69. The molecule has 4 rings (SSSR count). The molecule has 160 valence electrons. The first kappa shape index (κ1) is 20.7. The average molecular weight is 450 g/mol. The Kier molecular flexibility index (Phi) is 4.85. The van der Waals surface area contributed by atoms with Crippen LogP contribution in [0.15, 0.2) is 48.2 Å². The monoisotopic (exact) mass is 450 g/mol. The molecule has 0 bridgehead atoms. The fourth-order valence-electron chi connectivity index (χ4n) is 3.42. The molecule has 3 aromatic carbocycles. The van der Waals surface area contributed by atoms with Crippen molar-refractivity contribution in [2.24, 2.45) is 0 Å². The Morgan fingerprint density at radius 1 is 1.03 bits per heavy atom. The van der Waals surface area contributed by atoms with E-state index in [0.717, 1.165) is 12.3 Å². The Morgan fingerprint density at radius 2 is 1.68 bits per heavy atom. The van der Waals surface area contributed by atoms with Gasteiger partial charge < -0.3 is 4.74 Å². The number of sulfonamides is 1. The Morgan fingerprint density at radius 3 is 2.32 bits per heavy atom. The van der Waals surface area contributed by atoms with Crippen molar-refractivity contribution in [1.82, 2.24) is 0 Å². The molecule has 11 heteroatoms. The Balaban J connectivity index is 1.97. The lowest BCUT2D eigenvalue weighted by Gasteiger charge is -2.25. The molecule has 1 aliphatic rings. The van der Waals surface area contributed by atoms with Crippen LogP contribution in [0.2, 0.25) is 0 Å². The number of halogens is 3. The summed E-state index contributed by atoms with van der Waals surface area (Å²) >= 11 is 0. The normalized spacial score (nSPS) is 15.7. The standard InChI is InChI=1S/C20H13F3N2O5S/c1-31(28,29)24-17-6-10-7-18(25(26)27)20(13-8-15(22)16(23)9-14(13)21)30-19(10)12-5-3-2-4-11(12)17/h2-9,20,24H,1H3. The van der Waals surface area contributed by atoms with E-state index in [2.05, 4.69) is 4.72 Å². The largest absolute Gasteiger partial charge is 0.473 e. The van der Waals surface area contributed by atoms with Crippen LogP contribution in [0.1, 0.15) is 17.2 Å². The lowest BCUT2D eigenvalue weighted by molar-refractivity contribution is -0.434. The zero-order valence-corrected chi connectivity index (χ0v) is 16.5. The van der Waals surface area contributed by atoms with Gasteiger partial charge in [-0.05, 0) is 12.1 Å². The number of hydrogen-bond donors (Lipinski definition) is 1. The molecule has 1 N–H and O–H groups in total. The van der Waals surface area contributed by atoms with Crippen LogP contribution >= 0.6 is 0 Å². The molecule has 31 heavy (non-hydrogen) atoms. The van der Waals surface area contributed by atoms with E-state index in [1.807, 2.05) is 0 Å². The minimum Gasteiger partial charge on any atom is -0.473 e. The molecule has 0 saturated carbocycles. The fraction of sp³-hybridized carbons (Fsp3) is 0.100. The number of benzene rings is 3. The molecule has 7 nitrogen and oxygen atoms in total. The van der Waals surface area contributed by atoms with Gasteiger partial charge in [-0.25, -0.2) is 21.6 Å². The van der Waals surface area contributed by atoms with Gasteiger partial charge in [0.25, 0.3) is 5.70 Å². The Bertz CT molecular complexity index is 1390. The molecular weight excluding hydrogens is 437 g/mol. The van der Waals surface area contributed by atoms with E-state index in [1.54, 1.807) is 24.3 Å². The first-order valence-corrected chi connectivity index (χ1v) is 10.6. The summed E-state index contributed by atoms with van der Waals surface area (Å²) in [5.41, 5.74) is -0.847. The summed E-state index contributed by atoms with van der Waals surface area (Å²) in [6.45, 7) is 0. The molecule has 0 fully saturated rings. The maximum Gasteiger partial charge on any atom is 0.291 e. The number of fused-ring (bicyclic) bond motifs is 3. The van der Waals surface area contributed by atoms with Crippen LogP contribution in [0.25, 0.3) is 16.8 Å². The maximum absolute atomic E-state index is 14.4. The number of rotatable bonds is 4. The van der Waals surface area contributed by atoms with Crippen molar-refractivity contribution in [3.63, 3.8) is 0 Å². The van der Waals surface area contributed by atoms with Crippen molar-refractivity contribution in [2.45, 2.75) is 6.10 Å². The highest BCUT2D eigenvalue weighted by atomic mass is 32.2. The van der Waals surface area contributed by atoms with Crippen molar-refractivity contribution in [1.29, 1.82) is 0 Å². The summed E-state index contributed by atoms with van der Waals surface area (Å²) in [4.78, 5) is 10.8. The molecule has 0 saturated heterocycles. The van der Waals surface area contributed by atoms with Crippen LogP contribution in [0.5, 0.6) is 5.75 Å². The summed E-state index contributed by atoms with van der Waals surface area (Å²) in [6.07, 6.45) is 0.386. The van der Waals surface area contributed by atoms with E-state index in [4.69, 9.17) is 4.74 Å².